The first-order valence-electron chi connectivity index (χ1n) is 11.7. The molecule has 2 aromatic carbocycles. The predicted octanol–water partition coefficient (Wildman–Crippen LogP) is 4.97. The van der Waals surface area contributed by atoms with E-state index in [9.17, 15) is 13.5 Å². The Hall–Kier alpha value is -1.89. The van der Waals surface area contributed by atoms with Crippen LogP contribution in [0, 0.1) is 5.41 Å². The molecule has 1 aliphatic heterocycles. The van der Waals surface area contributed by atoms with Gasteiger partial charge in [0.05, 0.1) is 23.4 Å². The number of hydrogen-bond acceptors (Lipinski definition) is 5. The number of hydrogen-bond donors (Lipinski definition) is 1. The molecule has 3 atom stereocenters. The molecule has 0 aromatic heterocycles. The smallest absolute Gasteiger partial charge is 0.179 e. The van der Waals surface area contributed by atoms with E-state index in [4.69, 9.17) is 9.47 Å². The van der Waals surface area contributed by atoms with Crippen molar-refractivity contribution in [2.45, 2.75) is 63.4 Å². The zero-order valence-electron chi connectivity index (χ0n) is 19.4. The molecule has 1 aliphatic rings. The maximum Gasteiger partial charge on any atom is 0.179 e. The lowest BCUT2D eigenvalue weighted by Gasteiger charge is -2.39. The molecule has 0 amide bonds. The molecular weight excluding hydrogens is 424 g/mol. The standard InChI is InChI=1S/C26H36O5S/c1-4-7-15-26(5-2)19-32(28,29)23-14-13-21(31-17-16-30-6-3)18-22(23)24(25(26)27)20-11-9-8-10-12-20/h8-14,18,24-25,27H,4-7,15-17,19H2,1-3H3/t24-,25-,26+/m0/s1. The molecule has 1 heterocycles. The molecule has 176 valence electrons. The molecule has 0 fully saturated rings. The van der Waals surface area contributed by atoms with Crippen LogP contribution in [0.25, 0.3) is 0 Å². The van der Waals surface area contributed by atoms with E-state index in [0.29, 0.717) is 48.9 Å². The first-order valence-corrected chi connectivity index (χ1v) is 13.3. The van der Waals surface area contributed by atoms with Crippen LogP contribution >= 0.6 is 0 Å². The molecule has 32 heavy (non-hydrogen) atoms. The number of unbranched alkanes of at least 4 members (excludes halogenated alkanes) is 1. The van der Waals surface area contributed by atoms with Crippen molar-refractivity contribution in [1.29, 1.82) is 0 Å². The lowest BCUT2D eigenvalue weighted by Crippen LogP contribution is -2.42. The molecule has 5 nitrogen and oxygen atoms in total. The molecule has 0 saturated heterocycles. The lowest BCUT2D eigenvalue weighted by molar-refractivity contribution is 0.0173. The van der Waals surface area contributed by atoms with E-state index in [2.05, 4.69) is 6.92 Å². The van der Waals surface area contributed by atoms with E-state index in [1.54, 1.807) is 18.2 Å². The number of ether oxygens (including phenoxy) is 2. The highest BCUT2D eigenvalue weighted by molar-refractivity contribution is 7.91. The van der Waals surface area contributed by atoms with Crippen molar-refractivity contribution in [2.24, 2.45) is 5.41 Å². The molecule has 0 saturated carbocycles. The Kier molecular flexibility index (Phi) is 8.37. The average Bonchev–Trinajstić information content (AvgIpc) is 2.87. The van der Waals surface area contributed by atoms with Crippen LogP contribution in [-0.2, 0) is 14.6 Å². The van der Waals surface area contributed by atoms with Gasteiger partial charge in [-0.25, -0.2) is 8.42 Å². The third-order valence-electron chi connectivity index (χ3n) is 6.66. The quantitative estimate of drug-likeness (QED) is 0.507. The van der Waals surface area contributed by atoms with E-state index >= 15 is 0 Å². The predicted molar refractivity (Wildman–Crippen MR) is 127 cm³/mol. The fraction of sp³-hybridized carbons (Fsp3) is 0.538. The summed E-state index contributed by atoms with van der Waals surface area (Å²) in [4.78, 5) is 0.300. The van der Waals surface area contributed by atoms with Crippen LogP contribution in [0.3, 0.4) is 0 Å². The SMILES string of the molecule is CCCC[C@]1(CC)CS(=O)(=O)c2ccc(OCCOCC)cc2[C@H](c2ccccc2)[C@@H]1O. The minimum absolute atomic E-state index is 0.0431. The van der Waals surface area contributed by atoms with E-state index in [1.807, 2.05) is 44.2 Å². The van der Waals surface area contributed by atoms with Crippen LogP contribution in [0.5, 0.6) is 5.75 Å². The molecule has 2 aromatic rings. The van der Waals surface area contributed by atoms with Crippen molar-refractivity contribution in [1.82, 2.24) is 0 Å². The van der Waals surface area contributed by atoms with Gasteiger partial charge in [-0.05, 0) is 49.1 Å². The number of sulfone groups is 1. The Morgan fingerprint density at radius 2 is 1.81 bits per heavy atom. The van der Waals surface area contributed by atoms with E-state index in [-0.39, 0.29) is 5.75 Å². The largest absolute Gasteiger partial charge is 0.491 e. The van der Waals surface area contributed by atoms with Gasteiger partial charge in [0.1, 0.15) is 12.4 Å². The maximum absolute atomic E-state index is 13.6. The Morgan fingerprint density at radius 1 is 1.06 bits per heavy atom. The Balaban J connectivity index is 2.14. The molecule has 3 rings (SSSR count). The van der Waals surface area contributed by atoms with Crippen LogP contribution in [0.4, 0.5) is 0 Å². The molecule has 0 unspecified atom stereocenters. The summed E-state index contributed by atoms with van der Waals surface area (Å²) in [7, 11) is -3.59. The number of aliphatic hydroxyl groups is 1. The van der Waals surface area contributed by atoms with E-state index in [1.165, 1.54) is 0 Å². The summed E-state index contributed by atoms with van der Waals surface area (Å²) >= 11 is 0. The third kappa shape index (κ3) is 5.19. The lowest BCUT2D eigenvalue weighted by atomic mass is 9.69. The highest BCUT2D eigenvalue weighted by Crippen LogP contribution is 2.49. The molecule has 0 spiro atoms. The maximum atomic E-state index is 13.6. The summed E-state index contributed by atoms with van der Waals surface area (Å²) in [6.07, 6.45) is 2.29. The van der Waals surface area contributed by atoms with E-state index < -0.39 is 27.3 Å². The topological polar surface area (TPSA) is 72.8 Å². The Bertz CT molecular complexity index is 973. The molecular formula is C26H36O5S. The highest BCUT2D eigenvalue weighted by atomic mass is 32.2. The number of rotatable bonds is 10. The highest BCUT2D eigenvalue weighted by Gasteiger charge is 2.48. The fourth-order valence-electron chi connectivity index (χ4n) is 4.83. The minimum atomic E-state index is -3.59. The second kappa shape index (κ2) is 10.8. The fourth-order valence-corrected chi connectivity index (χ4v) is 7.08. The van der Waals surface area contributed by atoms with Crippen molar-refractivity contribution in [3.05, 3.63) is 59.7 Å². The zero-order chi connectivity index (χ0) is 23.2. The first kappa shape index (κ1) is 24.7. The van der Waals surface area contributed by atoms with Crippen LogP contribution in [-0.4, -0.2) is 45.2 Å². The van der Waals surface area contributed by atoms with Gasteiger partial charge in [0.2, 0.25) is 0 Å². The summed E-state index contributed by atoms with van der Waals surface area (Å²) in [5.41, 5.74) is 0.827. The number of fused-ring (bicyclic) bond motifs is 1. The minimum Gasteiger partial charge on any atom is -0.491 e. The monoisotopic (exact) mass is 460 g/mol. The summed E-state index contributed by atoms with van der Waals surface area (Å²) in [6.45, 7) is 7.48. The number of aliphatic hydroxyl groups excluding tert-OH is 1. The second-order valence-corrected chi connectivity index (χ2v) is 10.6. The average molecular weight is 461 g/mol. The van der Waals surface area contributed by atoms with Gasteiger partial charge >= 0.3 is 0 Å². The van der Waals surface area contributed by atoms with Gasteiger partial charge in [-0.3, -0.25) is 0 Å². The van der Waals surface area contributed by atoms with Gasteiger partial charge < -0.3 is 14.6 Å². The van der Waals surface area contributed by atoms with Crippen LogP contribution in [0.15, 0.2) is 53.4 Å². The van der Waals surface area contributed by atoms with Crippen molar-refractivity contribution in [2.75, 3.05) is 25.6 Å². The third-order valence-corrected chi connectivity index (χ3v) is 8.66. The molecule has 6 heteroatoms. The summed E-state index contributed by atoms with van der Waals surface area (Å²) < 4.78 is 38.4. The molecule has 0 radical (unpaired) electrons. The van der Waals surface area contributed by atoms with Gasteiger partial charge in [-0.1, -0.05) is 57.0 Å². The van der Waals surface area contributed by atoms with Crippen molar-refractivity contribution in [3.8, 4) is 5.75 Å². The summed E-state index contributed by atoms with van der Waals surface area (Å²) in [5.74, 6) is 0.0958. The van der Waals surface area contributed by atoms with Gasteiger partial charge in [0.25, 0.3) is 0 Å². The van der Waals surface area contributed by atoms with Crippen molar-refractivity contribution >= 4 is 9.84 Å². The molecule has 1 N–H and O–H groups in total. The zero-order valence-corrected chi connectivity index (χ0v) is 20.2. The second-order valence-electron chi connectivity index (χ2n) is 8.66. The molecule has 0 bridgehead atoms. The van der Waals surface area contributed by atoms with Crippen molar-refractivity contribution in [3.63, 3.8) is 0 Å². The molecule has 0 aliphatic carbocycles. The van der Waals surface area contributed by atoms with E-state index in [0.717, 1.165) is 18.4 Å². The van der Waals surface area contributed by atoms with Gasteiger partial charge in [-0.2, -0.15) is 0 Å². The van der Waals surface area contributed by atoms with Crippen LogP contribution in [0.2, 0.25) is 0 Å². The number of benzene rings is 2. The van der Waals surface area contributed by atoms with Crippen molar-refractivity contribution < 1.29 is 23.0 Å². The van der Waals surface area contributed by atoms with Gasteiger partial charge in [0, 0.05) is 17.9 Å². The Labute approximate surface area is 192 Å². The first-order chi connectivity index (χ1) is 15.4. The summed E-state index contributed by atoms with van der Waals surface area (Å²) in [6, 6.07) is 14.9. The van der Waals surface area contributed by atoms with Gasteiger partial charge in [-0.15, -0.1) is 0 Å². The normalized spacial score (nSPS) is 24.5. The summed E-state index contributed by atoms with van der Waals surface area (Å²) in [5, 5.41) is 11.8. The van der Waals surface area contributed by atoms with Crippen LogP contribution in [0.1, 0.15) is 63.5 Å². The Morgan fingerprint density at radius 3 is 2.47 bits per heavy atom. The van der Waals surface area contributed by atoms with Gasteiger partial charge in [0.15, 0.2) is 9.84 Å². The van der Waals surface area contributed by atoms with Crippen LogP contribution < -0.4 is 4.74 Å².